The minimum Gasteiger partial charge on any atom is -0.396 e. The molecule has 0 aliphatic carbocycles. The van der Waals surface area contributed by atoms with E-state index in [1.165, 1.54) is 4.57 Å². The molecule has 0 spiro atoms. The lowest BCUT2D eigenvalue weighted by Crippen LogP contribution is -2.34. The average Bonchev–Trinajstić information content (AvgIpc) is 2.26. The summed E-state index contributed by atoms with van der Waals surface area (Å²) < 4.78 is 1.43. The van der Waals surface area contributed by atoms with Crippen molar-refractivity contribution in [3.63, 3.8) is 0 Å². The first-order chi connectivity index (χ1) is 7.65. The van der Waals surface area contributed by atoms with Crippen molar-refractivity contribution in [3.05, 3.63) is 27.4 Å². The van der Waals surface area contributed by atoms with Gasteiger partial charge in [-0.1, -0.05) is 0 Å². The minimum atomic E-state index is -0.176. The number of hydrogen-bond donors (Lipinski definition) is 1. The van der Waals surface area contributed by atoms with Crippen molar-refractivity contribution in [1.29, 1.82) is 0 Å². The van der Waals surface area contributed by atoms with Crippen molar-refractivity contribution >= 4 is 5.78 Å². The molecule has 1 aromatic heterocycles. The molecule has 0 fully saturated rings. The highest BCUT2D eigenvalue weighted by Crippen LogP contribution is 2.12. The number of aryl methyl sites for hydroxylation is 1. The van der Waals surface area contributed by atoms with E-state index in [4.69, 9.17) is 5.11 Å². The van der Waals surface area contributed by atoms with Gasteiger partial charge in [0.05, 0.1) is 0 Å². The van der Waals surface area contributed by atoms with E-state index in [0.29, 0.717) is 37.1 Å². The fourth-order valence-electron chi connectivity index (χ4n) is 2.03. The number of aliphatic hydroxyl groups excluding tert-OH is 1. The molecule has 2 heterocycles. The van der Waals surface area contributed by atoms with Crippen molar-refractivity contribution in [2.24, 2.45) is 0 Å². The second kappa shape index (κ2) is 4.17. The van der Waals surface area contributed by atoms with Crippen LogP contribution in [-0.2, 0) is 13.0 Å². The van der Waals surface area contributed by atoms with Crippen LogP contribution in [0.3, 0.4) is 0 Å². The highest BCUT2D eigenvalue weighted by atomic mass is 16.3. The van der Waals surface area contributed by atoms with E-state index in [9.17, 15) is 9.59 Å². The Kier molecular flexibility index (Phi) is 2.87. The van der Waals surface area contributed by atoms with Crippen LogP contribution in [-0.4, -0.2) is 27.0 Å². The summed E-state index contributed by atoms with van der Waals surface area (Å²) in [5.74, 6) is 0.206. The van der Waals surface area contributed by atoms with Gasteiger partial charge in [-0.2, -0.15) is 0 Å². The molecule has 0 atom stereocenters. The predicted molar refractivity (Wildman–Crippen MR) is 57.6 cm³/mol. The average molecular weight is 222 g/mol. The fraction of sp³-hybridized carbons (Fsp3) is 0.545. The Morgan fingerprint density at radius 1 is 1.44 bits per heavy atom. The zero-order chi connectivity index (χ0) is 11.7. The van der Waals surface area contributed by atoms with E-state index in [1.54, 1.807) is 6.92 Å². The van der Waals surface area contributed by atoms with Crippen molar-refractivity contribution in [2.75, 3.05) is 6.61 Å². The number of hydrogen-bond acceptors (Lipinski definition) is 4. The summed E-state index contributed by atoms with van der Waals surface area (Å²) in [5, 5.41) is 8.88. The quantitative estimate of drug-likeness (QED) is 0.768. The number of aromatic nitrogens is 2. The van der Waals surface area contributed by atoms with E-state index in [-0.39, 0.29) is 23.8 Å². The number of rotatable bonds is 2. The standard InChI is InChI=1S/C11H14N2O3/c1-7-8(4-6-14)11(16)13-5-2-3-9(15)10(13)12-7/h14H,2-6H2,1H3. The number of fused-ring (bicyclic) bond motifs is 1. The summed E-state index contributed by atoms with van der Waals surface area (Å²) in [7, 11) is 0. The number of carbonyl (C=O) groups is 1. The second-order valence-electron chi connectivity index (χ2n) is 3.96. The van der Waals surface area contributed by atoms with Crippen LogP contribution in [0.25, 0.3) is 0 Å². The Hall–Kier alpha value is -1.49. The van der Waals surface area contributed by atoms with Gasteiger partial charge < -0.3 is 5.11 Å². The molecule has 0 amide bonds. The van der Waals surface area contributed by atoms with Crippen LogP contribution in [0.2, 0.25) is 0 Å². The minimum absolute atomic E-state index is 0.0676. The molecule has 2 rings (SSSR count). The van der Waals surface area contributed by atoms with Crippen molar-refractivity contribution < 1.29 is 9.90 Å². The Bertz CT molecular complexity index is 491. The predicted octanol–water partition coefficient (Wildman–Crippen LogP) is 0.0630. The van der Waals surface area contributed by atoms with Crippen LogP contribution in [0.1, 0.15) is 34.7 Å². The molecule has 5 nitrogen and oxygen atoms in total. The van der Waals surface area contributed by atoms with Crippen LogP contribution in [0.5, 0.6) is 0 Å². The first-order valence-corrected chi connectivity index (χ1v) is 5.39. The largest absolute Gasteiger partial charge is 0.396 e. The highest BCUT2D eigenvalue weighted by molar-refractivity contribution is 5.93. The molecule has 16 heavy (non-hydrogen) atoms. The molecule has 1 aliphatic heterocycles. The summed E-state index contributed by atoms with van der Waals surface area (Å²) in [6, 6.07) is 0. The van der Waals surface area contributed by atoms with Gasteiger partial charge in [-0.15, -0.1) is 0 Å². The smallest absolute Gasteiger partial charge is 0.257 e. The zero-order valence-corrected chi connectivity index (χ0v) is 9.19. The van der Waals surface area contributed by atoms with Gasteiger partial charge in [0.25, 0.3) is 5.56 Å². The van der Waals surface area contributed by atoms with Crippen LogP contribution in [0, 0.1) is 6.92 Å². The molecule has 1 aromatic rings. The molecular formula is C11H14N2O3. The lowest BCUT2D eigenvalue weighted by atomic mass is 10.1. The summed E-state index contributed by atoms with van der Waals surface area (Å²) in [6.07, 6.45) is 1.45. The maximum Gasteiger partial charge on any atom is 0.257 e. The number of nitrogens with zero attached hydrogens (tertiary/aromatic N) is 2. The Morgan fingerprint density at radius 3 is 2.88 bits per heavy atom. The Balaban J connectivity index is 2.62. The molecule has 86 valence electrons. The lowest BCUT2D eigenvalue weighted by molar-refractivity contribution is 0.0945. The Morgan fingerprint density at radius 2 is 2.19 bits per heavy atom. The van der Waals surface area contributed by atoms with Gasteiger partial charge >= 0.3 is 0 Å². The molecular weight excluding hydrogens is 208 g/mol. The van der Waals surface area contributed by atoms with E-state index >= 15 is 0 Å². The van der Waals surface area contributed by atoms with Crippen molar-refractivity contribution in [3.8, 4) is 0 Å². The fourth-order valence-corrected chi connectivity index (χ4v) is 2.03. The van der Waals surface area contributed by atoms with Gasteiger partial charge in [-0.3, -0.25) is 14.2 Å². The third-order valence-electron chi connectivity index (χ3n) is 2.87. The third-order valence-corrected chi connectivity index (χ3v) is 2.87. The van der Waals surface area contributed by atoms with Gasteiger partial charge in [0.15, 0.2) is 11.6 Å². The van der Waals surface area contributed by atoms with Gasteiger partial charge in [0, 0.05) is 37.3 Å². The van der Waals surface area contributed by atoms with Gasteiger partial charge in [0.1, 0.15) is 0 Å². The van der Waals surface area contributed by atoms with Crippen LogP contribution < -0.4 is 5.56 Å². The number of ketones is 1. The monoisotopic (exact) mass is 222 g/mol. The first kappa shape index (κ1) is 11.0. The maximum absolute atomic E-state index is 12.0. The summed E-state index contributed by atoms with van der Waals surface area (Å²) in [4.78, 5) is 27.8. The summed E-state index contributed by atoms with van der Waals surface area (Å²) >= 11 is 0. The number of Topliss-reactive ketones (excluding diaryl/α,β-unsaturated/α-hetero) is 1. The molecule has 0 unspecified atom stereocenters. The topological polar surface area (TPSA) is 72.2 Å². The molecule has 0 radical (unpaired) electrons. The SMILES string of the molecule is Cc1nc2n(c(=O)c1CCO)CCCC2=O. The van der Waals surface area contributed by atoms with Gasteiger partial charge in [-0.25, -0.2) is 4.98 Å². The normalized spacial score (nSPS) is 15.0. The van der Waals surface area contributed by atoms with Crippen molar-refractivity contribution in [2.45, 2.75) is 32.7 Å². The van der Waals surface area contributed by atoms with E-state index in [2.05, 4.69) is 4.98 Å². The lowest BCUT2D eigenvalue weighted by Gasteiger charge is -2.18. The number of aliphatic hydroxyl groups is 1. The molecule has 1 N–H and O–H groups in total. The molecule has 5 heteroatoms. The van der Waals surface area contributed by atoms with Crippen molar-refractivity contribution in [1.82, 2.24) is 9.55 Å². The Labute approximate surface area is 92.7 Å². The highest BCUT2D eigenvalue weighted by Gasteiger charge is 2.22. The van der Waals surface area contributed by atoms with E-state index in [1.807, 2.05) is 0 Å². The first-order valence-electron chi connectivity index (χ1n) is 5.39. The second-order valence-corrected chi connectivity index (χ2v) is 3.96. The summed E-state index contributed by atoms with van der Waals surface area (Å²) in [5.41, 5.74) is 0.895. The summed E-state index contributed by atoms with van der Waals surface area (Å²) in [6.45, 7) is 2.17. The number of carbonyl (C=O) groups excluding carboxylic acids is 1. The molecule has 0 aromatic carbocycles. The molecule has 1 aliphatic rings. The third kappa shape index (κ3) is 1.67. The van der Waals surface area contributed by atoms with E-state index in [0.717, 1.165) is 0 Å². The van der Waals surface area contributed by atoms with E-state index < -0.39 is 0 Å². The van der Waals surface area contributed by atoms with Crippen LogP contribution in [0.4, 0.5) is 0 Å². The van der Waals surface area contributed by atoms with Crippen LogP contribution in [0.15, 0.2) is 4.79 Å². The van der Waals surface area contributed by atoms with Crippen LogP contribution >= 0.6 is 0 Å². The maximum atomic E-state index is 12.0. The molecule has 0 saturated carbocycles. The molecule has 0 saturated heterocycles. The van der Waals surface area contributed by atoms with Gasteiger partial charge in [0.2, 0.25) is 0 Å². The van der Waals surface area contributed by atoms with Gasteiger partial charge in [-0.05, 0) is 13.3 Å². The molecule has 0 bridgehead atoms. The zero-order valence-electron chi connectivity index (χ0n) is 9.19.